The number of aliphatic imine (C=N–C) groups is 1. The Morgan fingerprint density at radius 1 is 1.00 bits per heavy atom. The Labute approximate surface area is 110 Å². The van der Waals surface area contributed by atoms with Crippen LogP contribution < -0.4 is 16.8 Å². The molecule has 0 aromatic heterocycles. The Kier molecular flexibility index (Phi) is 3.46. The van der Waals surface area contributed by atoms with Crippen molar-refractivity contribution in [2.24, 2.45) is 40.1 Å². The summed E-state index contributed by atoms with van der Waals surface area (Å²) in [5, 5.41) is 3.79. The van der Waals surface area contributed by atoms with Crippen LogP contribution in [-0.2, 0) is 0 Å². The molecular formula is C14H26N4. The van der Waals surface area contributed by atoms with E-state index in [-0.39, 0.29) is 5.96 Å². The fraction of sp³-hybridized carbons (Fsp3) is 0.929. The lowest BCUT2D eigenvalue weighted by molar-refractivity contribution is -0.0134. The van der Waals surface area contributed by atoms with Gasteiger partial charge < -0.3 is 16.8 Å². The maximum Gasteiger partial charge on any atom is 0.185 e. The van der Waals surface area contributed by atoms with Gasteiger partial charge in [-0.1, -0.05) is 0 Å². The van der Waals surface area contributed by atoms with E-state index in [1.165, 1.54) is 32.1 Å². The lowest BCUT2D eigenvalue weighted by Crippen LogP contribution is -2.54. The van der Waals surface area contributed by atoms with Crippen LogP contribution in [-0.4, -0.2) is 25.1 Å². The van der Waals surface area contributed by atoms with Crippen LogP contribution in [0.15, 0.2) is 4.99 Å². The van der Waals surface area contributed by atoms with Gasteiger partial charge in [-0.05, 0) is 68.7 Å². The van der Waals surface area contributed by atoms with Gasteiger partial charge in [0.05, 0.1) is 0 Å². The minimum Gasteiger partial charge on any atom is -0.370 e. The zero-order valence-electron chi connectivity index (χ0n) is 11.1. The van der Waals surface area contributed by atoms with Gasteiger partial charge in [-0.25, -0.2) is 0 Å². The molecule has 4 bridgehead atoms. The topological polar surface area (TPSA) is 76.4 Å². The molecule has 18 heavy (non-hydrogen) atoms. The first kappa shape index (κ1) is 12.3. The quantitative estimate of drug-likeness (QED) is 0.388. The largest absolute Gasteiger partial charge is 0.370 e. The van der Waals surface area contributed by atoms with Crippen molar-refractivity contribution < 1.29 is 0 Å². The predicted octanol–water partition coefficient (Wildman–Crippen LogP) is 1.06. The highest BCUT2D eigenvalue weighted by atomic mass is 15.0. The molecule has 102 valence electrons. The number of hydrogen-bond donors (Lipinski definition) is 3. The first-order valence-electron chi connectivity index (χ1n) is 7.51. The van der Waals surface area contributed by atoms with Gasteiger partial charge in [0.25, 0.3) is 0 Å². The predicted molar refractivity (Wildman–Crippen MR) is 74.1 cm³/mol. The van der Waals surface area contributed by atoms with E-state index in [9.17, 15) is 0 Å². The second-order valence-corrected chi connectivity index (χ2v) is 6.57. The van der Waals surface area contributed by atoms with Crippen LogP contribution in [0.4, 0.5) is 0 Å². The Hall–Kier alpha value is -0.770. The minimum atomic E-state index is 0.213. The summed E-state index contributed by atoms with van der Waals surface area (Å²) in [5.74, 6) is 4.26. The van der Waals surface area contributed by atoms with E-state index in [1.807, 2.05) is 0 Å². The van der Waals surface area contributed by atoms with Crippen molar-refractivity contribution in [3.05, 3.63) is 0 Å². The van der Waals surface area contributed by atoms with Gasteiger partial charge in [0, 0.05) is 12.6 Å². The molecule has 4 heteroatoms. The molecule has 4 saturated carbocycles. The van der Waals surface area contributed by atoms with E-state index < -0.39 is 0 Å². The van der Waals surface area contributed by atoms with Crippen molar-refractivity contribution >= 4 is 5.96 Å². The Morgan fingerprint density at radius 2 is 1.61 bits per heavy atom. The van der Waals surface area contributed by atoms with Crippen LogP contribution in [0.3, 0.4) is 0 Å². The first-order valence-corrected chi connectivity index (χ1v) is 7.51. The van der Waals surface area contributed by atoms with Crippen molar-refractivity contribution in [2.45, 2.75) is 44.6 Å². The summed E-state index contributed by atoms with van der Waals surface area (Å²) in [6.07, 6.45) is 8.51. The molecule has 4 aliphatic carbocycles. The van der Waals surface area contributed by atoms with Crippen LogP contribution in [0.1, 0.15) is 38.5 Å². The summed E-state index contributed by atoms with van der Waals surface area (Å²) in [6.45, 7) is 1.81. The number of nitrogens with zero attached hydrogens (tertiary/aromatic N) is 1. The third-order valence-electron chi connectivity index (χ3n) is 5.24. The third-order valence-corrected chi connectivity index (χ3v) is 5.24. The molecule has 0 aromatic carbocycles. The van der Waals surface area contributed by atoms with Crippen molar-refractivity contribution in [1.82, 2.24) is 5.32 Å². The fourth-order valence-corrected chi connectivity index (χ4v) is 4.81. The van der Waals surface area contributed by atoms with Gasteiger partial charge in [0.15, 0.2) is 5.96 Å². The van der Waals surface area contributed by atoms with Crippen LogP contribution in [0.5, 0.6) is 0 Å². The number of nitrogens with one attached hydrogen (secondary N) is 1. The summed E-state index contributed by atoms with van der Waals surface area (Å²) in [7, 11) is 0. The number of guanidine groups is 1. The average Bonchev–Trinajstić information content (AvgIpc) is 2.30. The van der Waals surface area contributed by atoms with Gasteiger partial charge in [0.1, 0.15) is 0 Å². The molecule has 4 fully saturated rings. The zero-order valence-corrected chi connectivity index (χ0v) is 11.1. The number of nitrogens with two attached hydrogens (primary N) is 2. The summed E-state index contributed by atoms with van der Waals surface area (Å²) < 4.78 is 0. The van der Waals surface area contributed by atoms with Gasteiger partial charge in [-0.2, -0.15) is 0 Å². The number of hydrogen-bond acceptors (Lipinski definition) is 2. The highest BCUT2D eigenvalue weighted by molar-refractivity contribution is 5.75. The lowest BCUT2D eigenvalue weighted by Gasteiger charge is -2.54. The van der Waals surface area contributed by atoms with Gasteiger partial charge >= 0.3 is 0 Å². The minimum absolute atomic E-state index is 0.213. The number of rotatable bonds is 5. The molecule has 5 N–H and O–H groups in total. The third kappa shape index (κ3) is 2.48. The highest BCUT2D eigenvalue weighted by Gasteiger charge is 2.47. The van der Waals surface area contributed by atoms with E-state index >= 15 is 0 Å². The molecule has 0 heterocycles. The van der Waals surface area contributed by atoms with E-state index in [4.69, 9.17) is 11.5 Å². The molecule has 0 atom stereocenters. The van der Waals surface area contributed by atoms with E-state index in [1.54, 1.807) is 0 Å². The zero-order chi connectivity index (χ0) is 12.5. The Bertz CT molecular complexity index is 294. The summed E-state index contributed by atoms with van der Waals surface area (Å²) in [6, 6.07) is 0.789. The molecule has 0 saturated heterocycles. The SMILES string of the molecule is NC(N)=NCCCNC1C2CC3CC(C2)CC1C3. The smallest absolute Gasteiger partial charge is 0.185 e. The molecule has 4 rings (SSSR count). The average molecular weight is 250 g/mol. The van der Waals surface area contributed by atoms with Crippen LogP contribution in [0.25, 0.3) is 0 Å². The van der Waals surface area contributed by atoms with Gasteiger partial charge in [0.2, 0.25) is 0 Å². The van der Waals surface area contributed by atoms with Crippen molar-refractivity contribution in [3.63, 3.8) is 0 Å². The molecule has 0 unspecified atom stereocenters. The lowest BCUT2D eigenvalue weighted by atomic mass is 9.54. The monoisotopic (exact) mass is 250 g/mol. The molecule has 4 aliphatic rings. The second-order valence-electron chi connectivity index (χ2n) is 6.57. The molecule has 0 spiro atoms. The fourth-order valence-electron chi connectivity index (χ4n) is 4.81. The molecule has 0 radical (unpaired) electrons. The summed E-state index contributed by atoms with van der Waals surface area (Å²) >= 11 is 0. The van der Waals surface area contributed by atoms with Gasteiger partial charge in [-0.15, -0.1) is 0 Å². The van der Waals surface area contributed by atoms with Crippen molar-refractivity contribution in [3.8, 4) is 0 Å². The Morgan fingerprint density at radius 3 is 2.17 bits per heavy atom. The van der Waals surface area contributed by atoms with E-state index in [2.05, 4.69) is 10.3 Å². The second kappa shape index (κ2) is 5.08. The Balaban J connectivity index is 1.44. The van der Waals surface area contributed by atoms with Crippen LogP contribution in [0, 0.1) is 23.7 Å². The standard InChI is InChI=1S/C14H26N4/c15-14(16)18-3-1-2-17-13-11-5-9-4-10(7-11)8-12(13)6-9/h9-13,17H,1-8H2,(H4,15,16,18). The summed E-state index contributed by atoms with van der Waals surface area (Å²) in [4.78, 5) is 4.03. The van der Waals surface area contributed by atoms with E-state index in [0.717, 1.165) is 49.2 Å². The van der Waals surface area contributed by atoms with E-state index in [0.29, 0.717) is 0 Å². The molecule has 0 aliphatic heterocycles. The molecular weight excluding hydrogens is 224 g/mol. The normalized spacial score (nSPS) is 41.0. The summed E-state index contributed by atoms with van der Waals surface area (Å²) in [5.41, 5.74) is 10.6. The molecule has 0 aromatic rings. The van der Waals surface area contributed by atoms with Crippen LogP contribution in [0.2, 0.25) is 0 Å². The first-order chi connectivity index (χ1) is 8.72. The van der Waals surface area contributed by atoms with Crippen molar-refractivity contribution in [1.29, 1.82) is 0 Å². The molecule has 4 nitrogen and oxygen atoms in total. The van der Waals surface area contributed by atoms with Gasteiger partial charge in [-0.3, -0.25) is 4.99 Å². The van der Waals surface area contributed by atoms with Crippen molar-refractivity contribution in [2.75, 3.05) is 13.1 Å². The highest BCUT2D eigenvalue weighted by Crippen LogP contribution is 2.53. The van der Waals surface area contributed by atoms with Crippen LogP contribution >= 0.6 is 0 Å². The maximum atomic E-state index is 5.32. The molecule has 0 amide bonds. The maximum absolute atomic E-state index is 5.32.